The smallest absolute Gasteiger partial charge is 0.239 e. The van der Waals surface area contributed by atoms with Crippen LogP contribution in [0.15, 0.2) is 0 Å². The summed E-state index contributed by atoms with van der Waals surface area (Å²) in [6.45, 7) is 4.40. The van der Waals surface area contributed by atoms with Gasteiger partial charge in [-0.1, -0.05) is 13.8 Å². The Morgan fingerprint density at radius 1 is 1.53 bits per heavy atom. The Labute approximate surface area is 109 Å². The zero-order chi connectivity index (χ0) is 12.3. The molecular formula is C11H23ClN2O3. The van der Waals surface area contributed by atoms with Gasteiger partial charge in [-0.2, -0.15) is 0 Å². The normalized spacial score (nSPS) is 27.6. The van der Waals surface area contributed by atoms with Gasteiger partial charge in [-0.3, -0.25) is 4.79 Å². The number of hydrogen-bond donors (Lipinski definition) is 2. The number of ether oxygens (including phenoxy) is 2. The molecule has 0 spiro atoms. The van der Waals surface area contributed by atoms with Gasteiger partial charge in [-0.15, -0.1) is 12.4 Å². The minimum absolute atomic E-state index is 0. The molecule has 1 aliphatic carbocycles. The van der Waals surface area contributed by atoms with E-state index in [1.807, 2.05) is 0 Å². The monoisotopic (exact) mass is 266 g/mol. The number of nitrogens with one attached hydrogen (secondary N) is 1. The van der Waals surface area contributed by atoms with Crippen molar-refractivity contribution in [2.75, 3.05) is 20.8 Å². The second kappa shape index (κ2) is 6.54. The van der Waals surface area contributed by atoms with Gasteiger partial charge in [-0.05, 0) is 6.42 Å². The molecule has 102 valence electrons. The van der Waals surface area contributed by atoms with Gasteiger partial charge in [0, 0.05) is 25.7 Å². The summed E-state index contributed by atoms with van der Waals surface area (Å²) < 4.78 is 10.2. The van der Waals surface area contributed by atoms with E-state index in [2.05, 4.69) is 19.2 Å². The Bertz CT molecular complexity index is 261. The Morgan fingerprint density at radius 3 is 2.53 bits per heavy atom. The Morgan fingerprint density at radius 2 is 2.12 bits per heavy atom. The Kier molecular flexibility index (Phi) is 6.40. The molecule has 0 aliphatic heterocycles. The fourth-order valence-corrected chi connectivity index (χ4v) is 2.06. The standard InChI is InChI=1S/C11H22N2O3.ClH/c1-11(2)8(5-9(11)16-4)13-10(14)7(12)6-15-3;/h7-9H,5-6,12H2,1-4H3,(H,13,14);1H. The maximum Gasteiger partial charge on any atom is 0.239 e. The molecular weight excluding hydrogens is 244 g/mol. The second-order valence-corrected chi connectivity index (χ2v) is 4.90. The van der Waals surface area contributed by atoms with Crippen LogP contribution >= 0.6 is 12.4 Å². The number of rotatable bonds is 5. The number of carbonyl (C=O) groups is 1. The summed E-state index contributed by atoms with van der Waals surface area (Å²) in [7, 11) is 3.22. The summed E-state index contributed by atoms with van der Waals surface area (Å²) in [5.74, 6) is -0.158. The highest BCUT2D eigenvalue weighted by Gasteiger charge is 2.49. The van der Waals surface area contributed by atoms with E-state index >= 15 is 0 Å². The van der Waals surface area contributed by atoms with Gasteiger partial charge in [0.15, 0.2) is 0 Å². The van der Waals surface area contributed by atoms with Crippen LogP contribution in [-0.2, 0) is 14.3 Å². The average molecular weight is 267 g/mol. The van der Waals surface area contributed by atoms with Crippen LogP contribution in [0.3, 0.4) is 0 Å². The third-order valence-corrected chi connectivity index (χ3v) is 3.46. The lowest BCUT2D eigenvalue weighted by atomic mass is 9.64. The number of amides is 1. The second-order valence-electron chi connectivity index (χ2n) is 4.90. The quantitative estimate of drug-likeness (QED) is 0.751. The van der Waals surface area contributed by atoms with Crippen molar-refractivity contribution in [3.63, 3.8) is 0 Å². The van der Waals surface area contributed by atoms with Gasteiger partial charge in [0.2, 0.25) is 5.91 Å². The molecule has 1 saturated carbocycles. The summed E-state index contributed by atoms with van der Waals surface area (Å²) in [6, 6.07) is -0.463. The van der Waals surface area contributed by atoms with Crippen LogP contribution in [0.1, 0.15) is 20.3 Å². The molecule has 3 N–H and O–H groups in total. The SMILES string of the molecule is COCC(N)C(=O)NC1CC(OC)C1(C)C.Cl. The zero-order valence-corrected chi connectivity index (χ0v) is 11.7. The van der Waals surface area contributed by atoms with Crippen LogP contribution in [0.5, 0.6) is 0 Å². The van der Waals surface area contributed by atoms with Crippen LogP contribution in [0.25, 0.3) is 0 Å². The molecule has 17 heavy (non-hydrogen) atoms. The van der Waals surface area contributed by atoms with Gasteiger partial charge in [0.25, 0.3) is 0 Å². The molecule has 0 bridgehead atoms. The van der Waals surface area contributed by atoms with Crippen molar-refractivity contribution in [3.8, 4) is 0 Å². The van der Waals surface area contributed by atoms with Crippen molar-refractivity contribution in [2.24, 2.45) is 11.1 Å². The number of hydrogen-bond acceptors (Lipinski definition) is 4. The maximum absolute atomic E-state index is 11.7. The minimum Gasteiger partial charge on any atom is -0.383 e. The molecule has 0 saturated heterocycles. The van der Waals surface area contributed by atoms with E-state index in [9.17, 15) is 4.79 Å². The van der Waals surface area contributed by atoms with E-state index < -0.39 is 6.04 Å². The van der Waals surface area contributed by atoms with E-state index in [1.165, 1.54) is 7.11 Å². The first-order valence-electron chi connectivity index (χ1n) is 5.51. The highest BCUT2D eigenvalue weighted by Crippen LogP contribution is 2.42. The van der Waals surface area contributed by atoms with Crippen LogP contribution < -0.4 is 11.1 Å². The summed E-state index contributed by atoms with van der Waals surface area (Å²) in [6.07, 6.45) is 1.05. The summed E-state index contributed by atoms with van der Waals surface area (Å²) in [5.41, 5.74) is 5.61. The van der Waals surface area contributed by atoms with Crippen LogP contribution in [-0.4, -0.2) is 44.9 Å². The molecule has 1 rings (SSSR count). The lowest BCUT2D eigenvalue weighted by molar-refractivity contribution is -0.134. The fraction of sp³-hybridized carbons (Fsp3) is 0.909. The molecule has 1 amide bonds. The lowest BCUT2D eigenvalue weighted by Crippen LogP contribution is -2.63. The van der Waals surface area contributed by atoms with E-state index in [0.717, 1.165) is 6.42 Å². The van der Waals surface area contributed by atoms with Crippen molar-refractivity contribution in [3.05, 3.63) is 0 Å². The maximum atomic E-state index is 11.7. The predicted molar refractivity (Wildman–Crippen MR) is 68.2 cm³/mol. The first-order chi connectivity index (χ1) is 7.43. The third-order valence-electron chi connectivity index (χ3n) is 3.46. The van der Waals surface area contributed by atoms with Crippen molar-refractivity contribution >= 4 is 18.3 Å². The molecule has 1 aliphatic rings. The van der Waals surface area contributed by atoms with E-state index in [0.29, 0.717) is 0 Å². The molecule has 5 nitrogen and oxygen atoms in total. The van der Waals surface area contributed by atoms with E-state index in [4.69, 9.17) is 15.2 Å². The lowest BCUT2D eigenvalue weighted by Gasteiger charge is -2.51. The number of carbonyl (C=O) groups excluding carboxylic acids is 1. The highest BCUT2D eigenvalue weighted by atomic mass is 35.5. The topological polar surface area (TPSA) is 73.6 Å². The van der Waals surface area contributed by atoms with Gasteiger partial charge in [-0.25, -0.2) is 0 Å². The Hall–Kier alpha value is -0.360. The summed E-state index contributed by atoms with van der Waals surface area (Å²) in [4.78, 5) is 11.7. The molecule has 0 aromatic rings. The third kappa shape index (κ3) is 3.55. The highest BCUT2D eigenvalue weighted by molar-refractivity contribution is 5.85. The molecule has 0 heterocycles. The van der Waals surface area contributed by atoms with E-state index in [1.54, 1.807) is 7.11 Å². The molecule has 6 heteroatoms. The van der Waals surface area contributed by atoms with Crippen molar-refractivity contribution < 1.29 is 14.3 Å². The number of halogens is 1. The molecule has 0 radical (unpaired) electrons. The first kappa shape index (κ1) is 16.6. The van der Waals surface area contributed by atoms with Crippen molar-refractivity contribution in [1.82, 2.24) is 5.32 Å². The van der Waals surface area contributed by atoms with Crippen LogP contribution in [0.2, 0.25) is 0 Å². The van der Waals surface area contributed by atoms with Gasteiger partial charge in [0.1, 0.15) is 6.04 Å². The van der Waals surface area contributed by atoms with Gasteiger partial charge in [0.05, 0.1) is 12.7 Å². The average Bonchev–Trinajstić information content (AvgIpc) is 2.23. The van der Waals surface area contributed by atoms with Crippen LogP contribution in [0, 0.1) is 5.41 Å². The van der Waals surface area contributed by atoms with Gasteiger partial charge >= 0.3 is 0 Å². The summed E-state index contributed by atoms with van der Waals surface area (Å²) in [5, 5.41) is 2.93. The minimum atomic E-state index is -0.595. The fourth-order valence-electron chi connectivity index (χ4n) is 2.06. The molecule has 0 aromatic heterocycles. The molecule has 0 aromatic carbocycles. The van der Waals surface area contributed by atoms with E-state index in [-0.39, 0.29) is 42.5 Å². The zero-order valence-electron chi connectivity index (χ0n) is 10.9. The van der Waals surface area contributed by atoms with Gasteiger partial charge < -0.3 is 20.5 Å². The molecule has 1 fully saturated rings. The van der Waals surface area contributed by atoms with Crippen molar-refractivity contribution in [2.45, 2.75) is 38.5 Å². The molecule has 3 atom stereocenters. The largest absolute Gasteiger partial charge is 0.383 e. The first-order valence-corrected chi connectivity index (χ1v) is 5.51. The predicted octanol–water partition coefficient (Wildman–Crippen LogP) is 0.312. The Balaban J connectivity index is 0.00000256. The number of methoxy groups -OCH3 is 2. The molecule has 3 unspecified atom stereocenters. The van der Waals surface area contributed by atoms with Crippen LogP contribution in [0.4, 0.5) is 0 Å². The number of nitrogens with two attached hydrogens (primary N) is 1. The van der Waals surface area contributed by atoms with Crippen molar-refractivity contribution in [1.29, 1.82) is 0 Å². The summed E-state index contributed by atoms with van der Waals surface area (Å²) >= 11 is 0.